The summed E-state index contributed by atoms with van der Waals surface area (Å²) in [6, 6.07) is 2.18. The van der Waals surface area contributed by atoms with Gasteiger partial charge in [0.15, 0.2) is 0 Å². The van der Waals surface area contributed by atoms with E-state index < -0.39 is 27.5 Å². The lowest BCUT2D eigenvalue weighted by Gasteiger charge is -2.12. The van der Waals surface area contributed by atoms with Crippen molar-refractivity contribution < 1.29 is 17.6 Å². The van der Waals surface area contributed by atoms with Crippen LogP contribution in [0.3, 0.4) is 0 Å². The Morgan fingerprint density at radius 3 is 2.44 bits per heavy atom. The highest BCUT2D eigenvalue weighted by molar-refractivity contribution is 6.37. The average molecular weight is 299 g/mol. The Hall–Kier alpha value is -1.47. The van der Waals surface area contributed by atoms with Gasteiger partial charge in [-0.15, -0.1) is 5.10 Å². The lowest BCUT2D eigenvalue weighted by atomic mass is 10.1. The van der Waals surface area contributed by atoms with Gasteiger partial charge in [0.25, 0.3) is 5.89 Å². The molecule has 0 fully saturated rings. The van der Waals surface area contributed by atoms with Gasteiger partial charge >= 0.3 is 11.9 Å². The van der Waals surface area contributed by atoms with Crippen LogP contribution < -0.4 is 5.76 Å². The molecule has 0 aliphatic rings. The van der Waals surface area contributed by atoms with Crippen molar-refractivity contribution in [3.63, 3.8) is 0 Å². The van der Waals surface area contributed by atoms with Gasteiger partial charge in [-0.05, 0) is 12.1 Å². The topological polar surface area (TPSA) is 58.9 Å². The van der Waals surface area contributed by atoms with E-state index in [0.717, 1.165) is 6.07 Å². The summed E-state index contributed by atoms with van der Waals surface area (Å²) in [5, 5.41) is 4.10. The van der Waals surface area contributed by atoms with Gasteiger partial charge in [0, 0.05) is 0 Å². The van der Waals surface area contributed by atoms with Crippen LogP contribution in [-0.4, -0.2) is 10.2 Å². The molecule has 1 aromatic carbocycles. The van der Waals surface area contributed by atoms with Crippen molar-refractivity contribution in [2.24, 2.45) is 0 Å². The van der Waals surface area contributed by atoms with Gasteiger partial charge < -0.3 is 4.42 Å². The minimum absolute atomic E-state index is 0.174. The van der Waals surface area contributed by atoms with E-state index in [9.17, 15) is 18.0 Å². The quantitative estimate of drug-likeness (QED) is 0.878. The van der Waals surface area contributed by atoms with E-state index in [1.165, 1.54) is 6.07 Å². The van der Waals surface area contributed by atoms with Crippen LogP contribution in [0.25, 0.3) is 11.5 Å². The van der Waals surface area contributed by atoms with Crippen LogP contribution in [0.2, 0.25) is 10.0 Å². The molecule has 1 aromatic heterocycles. The molecule has 4 nitrogen and oxygen atoms in total. The van der Waals surface area contributed by atoms with Crippen LogP contribution in [0.4, 0.5) is 13.2 Å². The molecule has 1 N–H and O–H groups in total. The van der Waals surface area contributed by atoms with Crippen molar-refractivity contribution >= 4 is 23.2 Å². The smallest absolute Gasteiger partial charge is 0.388 e. The molecule has 0 atom stereocenters. The minimum Gasteiger partial charge on any atom is -0.388 e. The fourth-order valence-corrected chi connectivity index (χ4v) is 1.99. The maximum atomic E-state index is 12.7. The maximum Gasteiger partial charge on any atom is 0.434 e. The molecule has 2 rings (SSSR count). The Morgan fingerprint density at radius 1 is 1.28 bits per heavy atom. The number of hydrogen-bond donors (Lipinski definition) is 1. The normalized spacial score (nSPS) is 11.8. The Morgan fingerprint density at radius 2 is 1.94 bits per heavy atom. The molecule has 2 aromatic rings. The Balaban J connectivity index is 2.69. The molecule has 0 bridgehead atoms. The summed E-state index contributed by atoms with van der Waals surface area (Å²) in [7, 11) is 0. The molecular weight excluding hydrogens is 296 g/mol. The second-order valence-electron chi connectivity index (χ2n) is 3.20. The number of alkyl halides is 3. The molecule has 0 aliphatic heterocycles. The zero-order valence-corrected chi connectivity index (χ0v) is 9.82. The van der Waals surface area contributed by atoms with Crippen molar-refractivity contribution in [3.05, 3.63) is 38.3 Å². The third-order valence-corrected chi connectivity index (χ3v) is 2.75. The molecule has 1 heterocycles. The summed E-state index contributed by atoms with van der Waals surface area (Å²) in [5.41, 5.74) is -1.37. The zero-order chi connectivity index (χ0) is 13.5. The SMILES string of the molecule is O=c1[nH]nc(-c2ccc(Cl)c(C(F)(F)F)c2Cl)o1. The fraction of sp³-hybridized carbons (Fsp3) is 0.111. The second kappa shape index (κ2) is 4.33. The molecule has 0 saturated carbocycles. The molecule has 96 valence electrons. The van der Waals surface area contributed by atoms with E-state index in [0.29, 0.717) is 0 Å². The molecule has 0 radical (unpaired) electrons. The van der Waals surface area contributed by atoms with E-state index in [2.05, 4.69) is 9.52 Å². The van der Waals surface area contributed by atoms with Crippen molar-refractivity contribution in [1.82, 2.24) is 10.2 Å². The molecule has 0 saturated heterocycles. The van der Waals surface area contributed by atoms with Crippen molar-refractivity contribution in [1.29, 1.82) is 0 Å². The highest BCUT2D eigenvalue weighted by atomic mass is 35.5. The standard InChI is InChI=1S/C9H3Cl2F3N2O2/c10-4-2-1-3(7-15-16-8(17)18-7)6(11)5(4)9(12,13)14/h1-2H,(H,16,17). The minimum atomic E-state index is -4.72. The van der Waals surface area contributed by atoms with E-state index in [1.807, 2.05) is 5.10 Å². The number of nitrogens with zero attached hydrogens (tertiary/aromatic N) is 1. The molecule has 18 heavy (non-hydrogen) atoms. The van der Waals surface area contributed by atoms with Gasteiger partial charge in [-0.25, -0.2) is 9.89 Å². The summed E-state index contributed by atoms with van der Waals surface area (Å²) in [6.07, 6.45) is -4.72. The highest BCUT2D eigenvalue weighted by Crippen LogP contribution is 2.43. The molecule has 0 unspecified atom stereocenters. The second-order valence-corrected chi connectivity index (χ2v) is 3.99. The Kier molecular flexibility index (Phi) is 3.12. The van der Waals surface area contributed by atoms with E-state index >= 15 is 0 Å². The number of aromatic nitrogens is 2. The van der Waals surface area contributed by atoms with Gasteiger partial charge in [0.05, 0.1) is 21.2 Å². The summed E-state index contributed by atoms with van der Waals surface area (Å²) >= 11 is 11.1. The first-order valence-corrected chi connectivity index (χ1v) is 5.17. The number of rotatable bonds is 1. The monoisotopic (exact) mass is 298 g/mol. The van der Waals surface area contributed by atoms with E-state index in [4.69, 9.17) is 23.2 Å². The van der Waals surface area contributed by atoms with Crippen LogP contribution >= 0.6 is 23.2 Å². The van der Waals surface area contributed by atoms with Crippen molar-refractivity contribution in [3.8, 4) is 11.5 Å². The van der Waals surface area contributed by atoms with Gasteiger partial charge in [-0.3, -0.25) is 0 Å². The molecule has 0 aliphatic carbocycles. The lowest BCUT2D eigenvalue weighted by molar-refractivity contribution is -0.137. The van der Waals surface area contributed by atoms with Crippen LogP contribution in [0.15, 0.2) is 21.3 Å². The van der Waals surface area contributed by atoms with E-state index in [1.54, 1.807) is 0 Å². The zero-order valence-electron chi connectivity index (χ0n) is 8.31. The maximum absolute atomic E-state index is 12.7. The van der Waals surface area contributed by atoms with Crippen molar-refractivity contribution in [2.45, 2.75) is 6.18 Å². The van der Waals surface area contributed by atoms with Crippen LogP contribution in [0.1, 0.15) is 5.56 Å². The summed E-state index contributed by atoms with van der Waals surface area (Å²) in [5.74, 6) is -1.24. The van der Waals surface area contributed by atoms with Gasteiger partial charge in [-0.1, -0.05) is 23.2 Å². The van der Waals surface area contributed by atoms with Crippen LogP contribution in [-0.2, 0) is 6.18 Å². The number of aromatic amines is 1. The lowest BCUT2D eigenvalue weighted by Crippen LogP contribution is -2.07. The number of halogens is 5. The van der Waals surface area contributed by atoms with E-state index in [-0.39, 0.29) is 11.5 Å². The molecular formula is C9H3Cl2F3N2O2. The first-order valence-electron chi connectivity index (χ1n) is 4.42. The number of hydrogen-bond acceptors (Lipinski definition) is 3. The van der Waals surface area contributed by atoms with Gasteiger partial charge in [-0.2, -0.15) is 13.2 Å². The number of benzene rings is 1. The summed E-state index contributed by atoms with van der Waals surface area (Å²) < 4.78 is 42.7. The number of H-pyrrole nitrogens is 1. The number of nitrogens with one attached hydrogen (secondary N) is 1. The largest absolute Gasteiger partial charge is 0.434 e. The summed E-state index contributed by atoms with van der Waals surface area (Å²) in [4.78, 5) is 10.7. The molecule has 9 heteroatoms. The first kappa shape index (κ1) is 13.0. The Labute approximate surface area is 107 Å². The average Bonchev–Trinajstić information content (AvgIpc) is 2.62. The predicted octanol–water partition coefficient (Wildman–Crippen LogP) is 3.36. The third-order valence-electron chi connectivity index (χ3n) is 2.04. The predicted molar refractivity (Wildman–Crippen MR) is 57.6 cm³/mol. The Bertz CT molecular complexity index is 648. The first-order chi connectivity index (χ1) is 8.30. The summed E-state index contributed by atoms with van der Waals surface area (Å²) in [6.45, 7) is 0. The van der Waals surface area contributed by atoms with Gasteiger partial charge in [0.1, 0.15) is 0 Å². The molecule has 0 amide bonds. The van der Waals surface area contributed by atoms with Crippen LogP contribution in [0, 0.1) is 0 Å². The fourth-order valence-electron chi connectivity index (χ4n) is 1.32. The molecule has 0 spiro atoms. The van der Waals surface area contributed by atoms with Gasteiger partial charge in [0.2, 0.25) is 0 Å². The van der Waals surface area contributed by atoms with Crippen LogP contribution in [0.5, 0.6) is 0 Å². The third kappa shape index (κ3) is 2.23. The van der Waals surface area contributed by atoms with Crippen molar-refractivity contribution in [2.75, 3.05) is 0 Å². The highest BCUT2D eigenvalue weighted by Gasteiger charge is 2.37.